The minimum Gasteiger partial charge on any atom is -0.489 e. The summed E-state index contributed by atoms with van der Waals surface area (Å²) in [7, 11) is 0. The van der Waals surface area contributed by atoms with Crippen molar-refractivity contribution in [2.24, 2.45) is 5.10 Å². The van der Waals surface area contributed by atoms with E-state index in [1.54, 1.807) is 18.0 Å². The molecular formula is C20H22N2O2S2. The van der Waals surface area contributed by atoms with E-state index in [4.69, 9.17) is 4.74 Å². The summed E-state index contributed by atoms with van der Waals surface area (Å²) < 4.78 is 5.80. The van der Waals surface area contributed by atoms with E-state index in [1.165, 1.54) is 11.1 Å². The summed E-state index contributed by atoms with van der Waals surface area (Å²) in [5, 5.41) is 4.02. The monoisotopic (exact) mass is 386 g/mol. The van der Waals surface area contributed by atoms with E-state index in [0.717, 1.165) is 28.6 Å². The maximum absolute atomic E-state index is 11.9. The Balaban J connectivity index is 1.37. The molecule has 1 heterocycles. The van der Waals surface area contributed by atoms with E-state index in [2.05, 4.69) is 29.6 Å². The number of ether oxygens (including phenoxy) is 1. The first-order valence-electron chi connectivity index (χ1n) is 8.49. The average Bonchev–Trinajstić information content (AvgIpc) is 2.61. The van der Waals surface area contributed by atoms with Crippen LogP contribution in [0, 0.1) is 6.92 Å². The molecule has 1 fully saturated rings. The Hall–Kier alpha value is -1.92. The number of carbonyl (C=O) groups is 1. The second kappa shape index (κ2) is 9.69. The van der Waals surface area contributed by atoms with Crippen molar-refractivity contribution in [2.75, 3.05) is 17.3 Å². The molecule has 4 nitrogen and oxygen atoms in total. The summed E-state index contributed by atoms with van der Waals surface area (Å²) in [6, 6.07) is 16.0. The van der Waals surface area contributed by atoms with Crippen LogP contribution in [0.4, 0.5) is 0 Å². The van der Waals surface area contributed by atoms with Crippen molar-refractivity contribution in [3.05, 3.63) is 65.2 Å². The van der Waals surface area contributed by atoms with Gasteiger partial charge < -0.3 is 4.74 Å². The normalized spacial score (nSPS) is 14.2. The first kappa shape index (κ1) is 18.9. The first-order chi connectivity index (χ1) is 12.7. The number of hydrogen-bond donors (Lipinski definition) is 1. The lowest BCUT2D eigenvalue weighted by atomic mass is 10.1. The van der Waals surface area contributed by atoms with Gasteiger partial charge in [0.25, 0.3) is 0 Å². The zero-order valence-electron chi connectivity index (χ0n) is 14.7. The fraction of sp³-hybridized carbons (Fsp3) is 0.300. The number of rotatable bonds is 8. The van der Waals surface area contributed by atoms with Crippen molar-refractivity contribution in [2.45, 2.75) is 18.8 Å². The van der Waals surface area contributed by atoms with Crippen LogP contribution in [0.2, 0.25) is 0 Å². The largest absolute Gasteiger partial charge is 0.489 e. The summed E-state index contributed by atoms with van der Waals surface area (Å²) in [6.07, 6.45) is 1.99. The Bertz CT molecular complexity index is 759. The molecule has 0 saturated carbocycles. The lowest BCUT2D eigenvalue weighted by Gasteiger charge is -2.25. The van der Waals surface area contributed by atoms with E-state index >= 15 is 0 Å². The number of nitrogens with one attached hydrogen (secondary N) is 1. The van der Waals surface area contributed by atoms with Crippen LogP contribution in [-0.2, 0) is 10.5 Å². The topological polar surface area (TPSA) is 50.7 Å². The fourth-order valence-corrected chi connectivity index (χ4v) is 3.80. The van der Waals surface area contributed by atoms with Gasteiger partial charge in [0.2, 0.25) is 5.91 Å². The summed E-state index contributed by atoms with van der Waals surface area (Å²) >= 11 is 3.48. The average molecular weight is 387 g/mol. The van der Waals surface area contributed by atoms with Crippen molar-refractivity contribution in [3.8, 4) is 5.75 Å². The molecule has 2 aromatic carbocycles. The highest BCUT2D eigenvalue weighted by Crippen LogP contribution is 2.23. The zero-order valence-corrected chi connectivity index (χ0v) is 16.3. The number of aryl methyl sites for hydroxylation is 1. The maximum Gasteiger partial charge on any atom is 0.250 e. The first-order valence-corrected chi connectivity index (χ1v) is 10.8. The van der Waals surface area contributed by atoms with Crippen LogP contribution < -0.4 is 10.2 Å². The Morgan fingerprint density at radius 1 is 1.27 bits per heavy atom. The van der Waals surface area contributed by atoms with Gasteiger partial charge in [0.05, 0.1) is 12.0 Å². The molecule has 1 N–H and O–H groups in total. The Morgan fingerprint density at radius 3 is 2.73 bits per heavy atom. The molecule has 0 aromatic heterocycles. The van der Waals surface area contributed by atoms with E-state index in [9.17, 15) is 4.79 Å². The molecule has 0 radical (unpaired) electrons. The van der Waals surface area contributed by atoms with Crippen molar-refractivity contribution in [1.29, 1.82) is 0 Å². The quantitative estimate of drug-likeness (QED) is 0.553. The van der Waals surface area contributed by atoms with Crippen LogP contribution in [0.5, 0.6) is 5.75 Å². The predicted molar refractivity (Wildman–Crippen MR) is 111 cm³/mol. The van der Waals surface area contributed by atoms with E-state index in [-0.39, 0.29) is 5.91 Å². The number of carbonyl (C=O) groups excluding carboxylic acids is 1. The Morgan fingerprint density at radius 2 is 2.04 bits per heavy atom. The summed E-state index contributed by atoms with van der Waals surface area (Å²) in [6.45, 7) is 2.09. The molecule has 26 heavy (non-hydrogen) atoms. The van der Waals surface area contributed by atoms with Gasteiger partial charge in [0.15, 0.2) is 0 Å². The standard InChI is InChI=1S/C20H22N2O2S2/c1-15-4-2-3-5-17(15)11-25-14-20(23)22-21-10-16-6-8-18(9-7-16)24-19-12-26-13-19/h2-10,19H,11-14H2,1H3,(H,22,23). The van der Waals surface area contributed by atoms with E-state index in [0.29, 0.717) is 11.9 Å². The van der Waals surface area contributed by atoms with Gasteiger partial charge in [0.1, 0.15) is 11.9 Å². The van der Waals surface area contributed by atoms with Crippen molar-refractivity contribution in [3.63, 3.8) is 0 Å². The number of benzene rings is 2. The van der Waals surface area contributed by atoms with Crippen molar-refractivity contribution < 1.29 is 9.53 Å². The van der Waals surface area contributed by atoms with Crippen LogP contribution >= 0.6 is 23.5 Å². The second-order valence-corrected chi connectivity index (χ2v) is 8.12. The second-order valence-electron chi connectivity index (χ2n) is 6.06. The fourth-order valence-electron chi connectivity index (χ4n) is 2.34. The van der Waals surface area contributed by atoms with Gasteiger partial charge in [-0.05, 0) is 47.9 Å². The molecule has 1 aliphatic heterocycles. The van der Waals surface area contributed by atoms with Gasteiger partial charge in [0, 0.05) is 17.3 Å². The van der Waals surface area contributed by atoms with Gasteiger partial charge in [-0.25, -0.2) is 5.43 Å². The molecule has 0 atom stereocenters. The lowest BCUT2D eigenvalue weighted by molar-refractivity contribution is -0.118. The number of nitrogens with zero attached hydrogens (tertiary/aromatic N) is 1. The molecule has 6 heteroatoms. The third-order valence-electron chi connectivity index (χ3n) is 3.95. The predicted octanol–water partition coefficient (Wildman–Crippen LogP) is 3.87. The minimum absolute atomic E-state index is 0.0951. The highest BCUT2D eigenvalue weighted by molar-refractivity contribution is 8.00. The van der Waals surface area contributed by atoms with Crippen LogP contribution in [-0.4, -0.2) is 35.5 Å². The van der Waals surface area contributed by atoms with Crippen LogP contribution in [0.25, 0.3) is 0 Å². The van der Waals surface area contributed by atoms with Gasteiger partial charge >= 0.3 is 0 Å². The molecule has 1 saturated heterocycles. The number of hydrogen-bond acceptors (Lipinski definition) is 5. The molecule has 0 spiro atoms. The molecule has 0 bridgehead atoms. The highest BCUT2D eigenvalue weighted by atomic mass is 32.2. The molecule has 1 aliphatic rings. The SMILES string of the molecule is Cc1ccccc1CSCC(=O)NN=Cc1ccc(OC2CSC2)cc1. The zero-order chi connectivity index (χ0) is 18.2. The Kier molecular flexibility index (Phi) is 7.03. The van der Waals surface area contributed by atoms with Gasteiger partial charge in [-0.3, -0.25) is 4.79 Å². The third kappa shape index (κ3) is 5.81. The van der Waals surface area contributed by atoms with Gasteiger partial charge in [-0.2, -0.15) is 16.9 Å². The lowest BCUT2D eigenvalue weighted by Crippen LogP contribution is -2.30. The molecule has 0 unspecified atom stereocenters. The van der Waals surface area contributed by atoms with Crippen LogP contribution in [0.3, 0.4) is 0 Å². The van der Waals surface area contributed by atoms with Crippen molar-refractivity contribution in [1.82, 2.24) is 5.43 Å². The smallest absolute Gasteiger partial charge is 0.250 e. The molecule has 0 aliphatic carbocycles. The molecule has 2 aromatic rings. The van der Waals surface area contributed by atoms with E-state index in [1.807, 2.05) is 48.2 Å². The van der Waals surface area contributed by atoms with Crippen LogP contribution in [0.1, 0.15) is 16.7 Å². The number of hydrazone groups is 1. The minimum atomic E-state index is -0.0951. The maximum atomic E-state index is 11.9. The summed E-state index contributed by atoms with van der Waals surface area (Å²) in [5.41, 5.74) is 6.01. The van der Waals surface area contributed by atoms with E-state index < -0.39 is 0 Å². The molecule has 3 rings (SSSR count). The Labute approximate surface area is 162 Å². The van der Waals surface area contributed by atoms with Crippen molar-refractivity contribution >= 4 is 35.6 Å². The highest BCUT2D eigenvalue weighted by Gasteiger charge is 2.19. The van der Waals surface area contributed by atoms with Crippen LogP contribution in [0.15, 0.2) is 53.6 Å². The molecule has 1 amide bonds. The third-order valence-corrected chi connectivity index (χ3v) is 6.14. The number of amides is 1. The summed E-state index contributed by atoms with van der Waals surface area (Å²) in [5.74, 6) is 4.13. The molecule has 136 valence electrons. The number of thioether (sulfide) groups is 2. The van der Waals surface area contributed by atoms with Gasteiger partial charge in [-0.1, -0.05) is 24.3 Å². The molecular weight excluding hydrogens is 364 g/mol. The van der Waals surface area contributed by atoms with Gasteiger partial charge in [-0.15, -0.1) is 11.8 Å². The summed E-state index contributed by atoms with van der Waals surface area (Å²) in [4.78, 5) is 11.9.